The number of aromatic nitrogens is 4. The van der Waals surface area contributed by atoms with Gasteiger partial charge in [-0.15, -0.1) is 5.10 Å². The number of nitrogens with two attached hydrogens (primary N) is 1. The van der Waals surface area contributed by atoms with Crippen LogP contribution in [0.3, 0.4) is 0 Å². The van der Waals surface area contributed by atoms with Crippen molar-refractivity contribution in [3.05, 3.63) is 84.1 Å². The maximum atomic E-state index is 14.7. The molecule has 0 spiro atoms. The zero-order valence-corrected chi connectivity index (χ0v) is 19.7. The molecule has 0 aliphatic heterocycles. The van der Waals surface area contributed by atoms with Gasteiger partial charge in [0, 0.05) is 30.6 Å². The second-order valence-corrected chi connectivity index (χ2v) is 8.69. The first-order valence-electron chi connectivity index (χ1n) is 10.9. The van der Waals surface area contributed by atoms with Crippen LogP contribution < -0.4 is 20.5 Å². The molecule has 0 fully saturated rings. The quantitative estimate of drug-likeness (QED) is 0.306. The van der Waals surface area contributed by atoms with E-state index in [0.29, 0.717) is 35.0 Å². The lowest BCUT2D eigenvalue weighted by Crippen LogP contribution is -2.27. The average molecular weight is 493 g/mol. The van der Waals surface area contributed by atoms with E-state index < -0.39 is 17.3 Å². The first-order valence-corrected chi connectivity index (χ1v) is 10.9. The van der Waals surface area contributed by atoms with E-state index in [1.165, 1.54) is 30.5 Å². The van der Waals surface area contributed by atoms with Gasteiger partial charge < -0.3 is 25.6 Å². The van der Waals surface area contributed by atoms with Crippen LogP contribution in [0.4, 0.5) is 10.3 Å². The molecule has 3 heterocycles. The molecular formula is C25H25FN6O4. The number of carbonyl (C=O) groups is 1. The third kappa shape index (κ3) is 6.13. The maximum absolute atomic E-state index is 14.7. The first kappa shape index (κ1) is 24.6. The molecule has 0 saturated heterocycles. The number of pyridine rings is 2. The Morgan fingerprint density at radius 3 is 2.81 bits per heavy atom. The van der Waals surface area contributed by atoms with E-state index in [2.05, 4.69) is 27.0 Å². The molecule has 0 unspecified atom stereocenters. The number of primary amides is 1. The smallest absolute Gasteiger partial charge is 0.254 e. The van der Waals surface area contributed by atoms with Crippen molar-refractivity contribution in [2.45, 2.75) is 25.9 Å². The minimum absolute atomic E-state index is 0.0504. The SMILES string of the molecule is C=C(Cc1ccc(Oc2ncccc2C(N)=O)c(F)c1)Nc1nc2cc(OCC(C)(C)O)ccn2n1. The molecule has 10 nitrogen and oxygen atoms in total. The Labute approximate surface area is 206 Å². The minimum atomic E-state index is -0.959. The van der Waals surface area contributed by atoms with Gasteiger partial charge in [-0.05, 0) is 49.7 Å². The summed E-state index contributed by atoms with van der Waals surface area (Å²) in [7, 11) is 0. The number of fused-ring (bicyclic) bond motifs is 1. The van der Waals surface area contributed by atoms with Gasteiger partial charge in [0.25, 0.3) is 5.91 Å². The van der Waals surface area contributed by atoms with Crippen molar-refractivity contribution in [2.75, 3.05) is 11.9 Å². The molecule has 36 heavy (non-hydrogen) atoms. The van der Waals surface area contributed by atoms with E-state index >= 15 is 0 Å². The molecule has 0 saturated carbocycles. The molecule has 0 bridgehead atoms. The standard InChI is InChI=1S/C25H25FN6O4/c1-15(29-24-30-21-13-17(8-10-32(21)31-24)35-14-25(2,3)34)11-16-6-7-20(19(26)12-16)36-23-18(22(27)33)5-4-9-28-23/h4-10,12-13,34H,1,11,14H2,2-3H3,(H2,27,33)(H,29,31). The molecule has 0 aliphatic carbocycles. The fourth-order valence-electron chi connectivity index (χ4n) is 3.22. The van der Waals surface area contributed by atoms with Crippen LogP contribution in [0.15, 0.2) is 67.1 Å². The fraction of sp³-hybridized carbons (Fsp3) is 0.200. The lowest BCUT2D eigenvalue weighted by molar-refractivity contribution is 0.0285. The van der Waals surface area contributed by atoms with Gasteiger partial charge >= 0.3 is 0 Å². The number of nitrogens with zero attached hydrogens (tertiary/aromatic N) is 4. The number of allylic oxidation sites excluding steroid dienone is 1. The number of hydrogen-bond donors (Lipinski definition) is 3. The Bertz CT molecular complexity index is 1430. The van der Waals surface area contributed by atoms with Crippen molar-refractivity contribution in [1.29, 1.82) is 0 Å². The molecule has 4 aromatic rings. The van der Waals surface area contributed by atoms with Crippen LogP contribution in [0.25, 0.3) is 5.65 Å². The molecule has 0 atom stereocenters. The van der Waals surface area contributed by atoms with Gasteiger partial charge in [-0.25, -0.2) is 13.9 Å². The summed E-state index contributed by atoms with van der Waals surface area (Å²) in [6.07, 6.45) is 3.40. The van der Waals surface area contributed by atoms with E-state index in [1.807, 2.05) is 0 Å². The van der Waals surface area contributed by atoms with Gasteiger partial charge in [-0.3, -0.25) is 4.79 Å². The van der Waals surface area contributed by atoms with Gasteiger partial charge in [0.05, 0.1) is 5.60 Å². The fourth-order valence-corrected chi connectivity index (χ4v) is 3.22. The zero-order valence-electron chi connectivity index (χ0n) is 19.7. The summed E-state index contributed by atoms with van der Waals surface area (Å²) in [6.45, 7) is 7.42. The summed E-state index contributed by atoms with van der Waals surface area (Å²) in [4.78, 5) is 19.9. The van der Waals surface area contributed by atoms with Gasteiger partial charge in [-0.2, -0.15) is 4.98 Å². The van der Waals surface area contributed by atoms with E-state index in [4.69, 9.17) is 15.2 Å². The highest BCUT2D eigenvalue weighted by Gasteiger charge is 2.15. The lowest BCUT2D eigenvalue weighted by atomic mass is 10.1. The number of benzene rings is 1. The van der Waals surface area contributed by atoms with Crippen molar-refractivity contribution in [3.8, 4) is 17.4 Å². The molecule has 1 amide bonds. The summed E-state index contributed by atoms with van der Waals surface area (Å²) >= 11 is 0. The monoisotopic (exact) mass is 492 g/mol. The number of rotatable bonds is 10. The average Bonchev–Trinajstić information content (AvgIpc) is 3.20. The topological polar surface area (TPSA) is 137 Å². The van der Waals surface area contributed by atoms with Gasteiger partial charge in [-0.1, -0.05) is 12.6 Å². The van der Waals surface area contributed by atoms with Crippen LogP contribution >= 0.6 is 0 Å². The molecule has 11 heteroatoms. The van der Waals surface area contributed by atoms with Crippen LogP contribution in [-0.2, 0) is 6.42 Å². The number of ether oxygens (including phenoxy) is 2. The largest absolute Gasteiger partial charge is 0.490 e. The Morgan fingerprint density at radius 2 is 2.08 bits per heavy atom. The minimum Gasteiger partial charge on any atom is -0.490 e. The molecular weight excluding hydrogens is 467 g/mol. The Morgan fingerprint density at radius 1 is 1.28 bits per heavy atom. The Kier molecular flexibility index (Phi) is 6.84. The molecule has 4 rings (SSSR count). The van der Waals surface area contributed by atoms with Crippen LogP contribution in [-0.4, -0.2) is 42.8 Å². The number of nitrogens with one attached hydrogen (secondary N) is 1. The number of hydrogen-bond acceptors (Lipinski definition) is 8. The van der Waals surface area contributed by atoms with Crippen molar-refractivity contribution >= 4 is 17.5 Å². The summed E-state index contributed by atoms with van der Waals surface area (Å²) < 4.78 is 27.3. The molecule has 3 aromatic heterocycles. The van der Waals surface area contributed by atoms with E-state index in [0.717, 1.165) is 0 Å². The molecule has 0 radical (unpaired) electrons. The normalized spacial score (nSPS) is 11.3. The number of anilines is 1. The first-order chi connectivity index (χ1) is 17.1. The van der Waals surface area contributed by atoms with Gasteiger partial charge in [0.1, 0.15) is 17.9 Å². The highest BCUT2D eigenvalue weighted by Crippen LogP contribution is 2.27. The number of amides is 1. The molecule has 4 N–H and O–H groups in total. The van der Waals surface area contributed by atoms with Crippen LogP contribution in [0.2, 0.25) is 0 Å². The third-order valence-electron chi connectivity index (χ3n) is 4.85. The summed E-state index contributed by atoms with van der Waals surface area (Å²) in [5.74, 6) is -0.665. The van der Waals surface area contributed by atoms with Crippen LogP contribution in [0.5, 0.6) is 17.4 Å². The van der Waals surface area contributed by atoms with Gasteiger partial charge in [0.15, 0.2) is 17.2 Å². The predicted molar refractivity (Wildman–Crippen MR) is 130 cm³/mol. The number of aliphatic hydroxyl groups is 1. The van der Waals surface area contributed by atoms with E-state index in [1.54, 1.807) is 42.8 Å². The van der Waals surface area contributed by atoms with E-state index in [9.17, 15) is 14.3 Å². The summed E-state index contributed by atoms with van der Waals surface area (Å²) in [5, 5.41) is 17.2. The summed E-state index contributed by atoms with van der Waals surface area (Å²) in [5.41, 5.74) is 6.11. The van der Waals surface area contributed by atoms with Crippen molar-refractivity contribution in [3.63, 3.8) is 0 Å². The third-order valence-corrected chi connectivity index (χ3v) is 4.85. The summed E-state index contributed by atoms with van der Waals surface area (Å²) in [6, 6.07) is 10.8. The van der Waals surface area contributed by atoms with Gasteiger partial charge in [0.2, 0.25) is 11.8 Å². The number of carbonyl (C=O) groups excluding carboxylic acids is 1. The second kappa shape index (κ2) is 10.0. The zero-order chi connectivity index (χ0) is 25.9. The van der Waals surface area contributed by atoms with E-state index in [-0.39, 0.29) is 23.8 Å². The Balaban J connectivity index is 1.40. The predicted octanol–water partition coefficient (Wildman–Crippen LogP) is 3.47. The molecule has 0 aliphatic rings. The van der Waals surface area contributed by atoms with Crippen molar-refractivity contribution in [2.24, 2.45) is 5.73 Å². The molecule has 186 valence electrons. The lowest BCUT2D eigenvalue weighted by Gasteiger charge is -2.17. The van der Waals surface area contributed by atoms with Crippen LogP contribution in [0.1, 0.15) is 29.8 Å². The second-order valence-electron chi connectivity index (χ2n) is 8.69. The van der Waals surface area contributed by atoms with Crippen molar-refractivity contribution in [1.82, 2.24) is 19.6 Å². The molecule has 1 aromatic carbocycles. The highest BCUT2D eigenvalue weighted by molar-refractivity contribution is 5.95. The van der Waals surface area contributed by atoms with Crippen molar-refractivity contribution < 1.29 is 23.8 Å². The highest BCUT2D eigenvalue weighted by atomic mass is 19.1. The Hall–Kier alpha value is -4.51. The maximum Gasteiger partial charge on any atom is 0.254 e. The number of halogens is 1. The van der Waals surface area contributed by atoms with Crippen LogP contribution in [0, 0.1) is 5.82 Å².